The molecule has 0 aliphatic carbocycles. The minimum absolute atomic E-state index is 0.00700. The molecule has 4 aliphatic heterocycles. The highest BCUT2D eigenvalue weighted by molar-refractivity contribution is 5.83. The molecular formula is C29H34O9. The van der Waals surface area contributed by atoms with Crippen molar-refractivity contribution in [3.63, 3.8) is 0 Å². The van der Waals surface area contributed by atoms with Crippen LogP contribution in [0.15, 0.2) is 6.07 Å². The zero-order chi connectivity index (χ0) is 27.1. The Balaban J connectivity index is 1.44. The van der Waals surface area contributed by atoms with Crippen molar-refractivity contribution >= 4 is 6.29 Å². The van der Waals surface area contributed by atoms with Crippen molar-refractivity contribution in [2.24, 2.45) is 0 Å². The molecule has 2 aromatic rings. The molecule has 4 heterocycles. The predicted octanol–water partition coefficient (Wildman–Crippen LogP) is 4.04. The van der Waals surface area contributed by atoms with Gasteiger partial charge in [-0.05, 0) is 58.1 Å². The number of hydrogen-bond acceptors (Lipinski definition) is 9. The molecule has 6 unspecified atom stereocenters. The van der Waals surface area contributed by atoms with Crippen molar-refractivity contribution in [2.45, 2.75) is 102 Å². The van der Waals surface area contributed by atoms with Gasteiger partial charge in [0.15, 0.2) is 17.8 Å². The zero-order valence-electron chi connectivity index (χ0n) is 22.0. The first-order valence-electron chi connectivity index (χ1n) is 13.2. The number of aldehydes is 1. The second-order valence-corrected chi connectivity index (χ2v) is 11.6. The third-order valence-electron chi connectivity index (χ3n) is 8.57. The average molecular weight is 527 g/mol. The van der Waals surface area contributed by atoms with E-state index in [0.717, 1.165) is 11.1 Å². The summed E-state index contributed by atoms with van der Waals surface area (Å²) in [5.41, 5.74) is 3.04. The predicted molar refractivity (Wildman–Crippen MR) is 135 cm³/mol. The van der Waals surface area contributed by atoms with Crippen LogP contribution in [0.5, 0.6) is 28.7 Å². The number of phenols is 3. The lowest BCUT2D eigenvalue weighted by Gasteiger charge is -2.49. The van der Waals surface area contributed by atoms with E-state index in [2.05, 4.69) is 0 Å². The number of carbonyl (C=O) groups is 1. The second-order valence-electron chi connectivity index (χ2n) is 11.6. The number of fused-ring (bicyclic) bond motifs is 6. The van der Waals surface area contributed by atoms with Crippen LogP contribution in [0.2, 0.25) is 0 Å². The molecule has 6 atom stereocenters. The maximum atomic E-state index is 11.9. The minimum Gasteiger partial charge on any atom is -0.508 e. The lowest BCUT2D eigenvalue weighted by atomic mass is 9.76. The summed E-state index contributed by atoms with van der Waals surface area (Å²) in [4.78, 5) is 11.9. The molecule has 4 N–H and O–H groups in total. The molecule has 0 saturated carbocycles. The molecule has 9 heteroatoms. The van der Waals surface area contributed by atoms with E-state index in [1.807, 2.05) is 13.8 Å². The summed E-state index contributed by atoms with van der Waals surface area (Å²) in [6.07, 6.45) is 2.18. The fourth-order valence-corrected chi connectivity index (χ4v) is 7.03. The summed E-state index contributed by atoms with van der Waals surface area (Å²) < 4.78 is 25.5. The van der Waals surface area contributed by atoms with Gasteiger partial charge in [0.05, 0.1) is 23.9 Å². The Morgan fingerprint density at radius 2 is 1.71 bits per heavy atom. The Hall–Kier alpha value is -3.01. The first-order chi connectivity index (χ1) is 17.9. The Kier molecular flexibility index (Phi) is 5.65. The number of hydrogen-bond donors (Lipinski definition) is 4. The Morgan fingerprint density at radius 1 is 0.974 bits per heavy atom. The van der Waals surface area contributed by atoms with E-state index in [1.54, 1.807) is 13.8 Å². The molecular weight excluding hydrogens is 492 g/mol. The molecule has 2 fully saturated rings. The van der Waals surface area contributed by atoms with Gasteiger partial charge in [-0.15, -0.1) is 0 Å². The molecule has 0 radical (unpaired) electrons. The van der Waals surface area contributed by atoms with Crippen LogP contribution in [0.4, 0.5) is 0 Å². The number of ether oxygens (including phenoxy) is 4. The van der Waals surface area contributed by atoms with Crippen molar-refractivity contribution in [1.29, 1.82) is 0 Å². The van der Waals surface area contributed by atoms with Crippen molar-refractivity contribution in [2.75, 3.05) is 0 Å². The highest BCUT2D eigenvalue weighted by Gasteiger charge is 2.54. The maximum Gasteiger partial charge on any atom is 0.217 e. The Labute approximate surface area is 220 Å². The van der Waals surface area contributed by atoms with E-state index in [9.17, 15) is 25.2 Å². The molecule has 6 rings (SSSR count). The third-order valence-corrected chi connectivity index (χ3v) is 8.57. The number of carbonyl (C=O) groups excluding carboxylic acids is 1. The van der Waals surface area contributed by atoms with Gasteiger partial charge in [0.1, 0.15) is 17.2 Å². The quantitative estimate of drug-likeness (QED) is 0.437. The summed E-state index contributed by atoms with van der Waals surface area (Å²) in [7, 11) is 0. The molecule has 1 spiro atoms. The molecule has 38 heavy (non-hydrogen) atoms. The summed E-state index contributed by atoms with van der Waals surface area (Å²) in [5.74, 6) is -1.72. The van der Waals surface area contributed by atoms with Crippen molar-refractivity contribution < 1.29 is 44.2 Å². The van der Waals surface area contributed by atoms with Crippen molar-refractivity contribution in [1.82, 2.24) is 0 Å². The maximum absolute atomic E-state index is 11.9. The van der Waals surface area contributed by atoms with Crippen LogP contribution in [0.25, 0.3) is 0 Å². The molecule has 204 valence electrons. The molecule has 2 aromatic carbocycles. The summed E-state index contributed by atoms with van der Waals surface area (Å²) in [6, 6.07) is 1.47. The molecule has 0 aromatic heterocycles. The van der Waals surface area contributed by atoms with Gasteiger partial charge in [0.2, 0.25) is 11.6 Å². The average Bonchev–Trinajstić information content (AvgIpc) is 3.17. The van der Waals surface area contributed by atoms with Crippen LogP contribution in [-0.2, 0) is 22.3 Å². The number of rotatable bonds is 3. The van der Waals surface area contributed by atoms with Crippen LogP contribution in [0.3, 0.4) is 0 Å². The smallest absolute Gasteiger partial charge is 0.217 e. The molecule has 4 aliphatic rings. The van der Waals surface area contributed by atoms with Crippen LogP contribution in [0, 0.1) is 13.8 Å². The molecule has 2 bridgehead atoms. The zero-order valence-corrected chi connectivity index (χ0v) is 22.0. The summed E-state index contributed by atoms with van der Waals surface area (Å²) in [5, 5.41) is 42.6. The molecule has 0 amide bonds. The monoisotopic (exact) mass is 526 g/mol. The first-order valence-corrected chi connectivity index (χ1v) is 13.2. The van der Waals surface area contributed by atoms with Gasteiger partial charge >= 0.3 is 0 Å². The fourth-order valence-electron chi connectivity index (χ4n) is 7.03. The van der Waals surface area contributed by atoms with E-state index in [0.29, 0.717) is 61.0 Å². The minimum atomic E-state index is -1.17. The number of aliphatic hydroxyl groups excluding tert-OH is 1. The van der Waals surface area contributed by atoms with E-state index >= 15 is 0 Å². The van der Waals surface area contributed by atoms with Crippen molar-refractivity contribution in [3.8, 4) is 28.7 Å². The summed E-state index contributed by atoms with van der Waals surface area (Å²) in [6.45, 7) is 7.18. The second kappa shape index (κ2) is 8.49. The highest BCUT2D eigenvalue weighted by Crippen LogP contribution is 2.59. The number of aliphatic hydroxyl groups is 1. The SMILES string of the molecule is Cc1c(O)cc(CC23CC(CC(C)O2)c2c4c(c(O)c(C)c2O3)OC2(C4)CC(O)CC(C)O2)c(C=O)c1O. The van der Waals surface area contributed by atoms with Gasteiger partial charge in [-0.2, -0.15) is 0 Å². The Morgan fingerprint density at radius 3 is 2.42 bits per heavy atom. The lowest BCUT2D eigenvalue weighted by molar-refractivity contribution is -0.244. The highest BCUT2D eigenvalue weighted by atomic mass is 16.7. The van der Waals surface area contributed by atoms with Gasteiger partial charge in [-0.3, -0.25) is 4.79 Å². The number of phenolic OH excluding ortho intramolecular Hbond substituents is 3. The first kappa shape index (κ1) is 25.3. The van der Waals surface area contributed by atoms with E-state index in [4.69, 9.17) is 18.9 Å². The topological polar surface area (TPSA) is 135 Å². The molecule has 9 nitrogen and oxygen atoms in total. The van der Waals surface area contributed by atoms with E-state index in [-0.39, 0.29) is 52.9 Å². The summed E-state index contributed by atoms with van der Waals surface area (Å²) >= 11 is 0. The van der Waals surface area contributed by atoms with E-state index in [1.165, 1.54) is 6.07 Å². The Bertz CT molecular complexity index is 1320. The largest absolute Gasteiger partial charge is 0.508 e. The normalized spacial score (nSPS) is 33.3. The van der Waals surface area contributed by atoms with Gasteiger partial charge < -0.3 is 39.4 Å². The van der Waals surface area contributed by atoms with Gasteiger partial charge in [-0.1, -0.05) is 0 Å². The van der Waals surface area contributed by atoms with Crippen LogP contribution in [0.1, 0.15) is 83.6 Å². The van der Waals surface area contributed by atoms with Gasteiger partial charge in [-0.25, -0.2) is 0 Å². The van der Waals surface area contributed by atoms with Crippen molar-refractivity contribution in [3.05, 3.63) is 39.4 Å². The van der Waals surface area contributed by atoms with Crippen LogP contribution in [-0.4, -0.2) is 56.6 Å². The lowest BCUT2D eigenvalue weighted by Crippen LogP contribution is -2.52. The van der Waals surface area contributed by atoms with Gasteiger partial charge in [0, 0.05) is 47.9 Å². The standard InChI is InChI=1S/C29H34O9/c1-13-5-18-9-28(35-13,8-17-7-22(32)15(3)24(33)21(17)12-30)37-26-16(4)25(34)27-20(23(18)26)11-29(38-27)10-19(31)6-14(2)36-29/h7,12-14,18-19,31-34H,5-6,8-11H2,1-4H3. The molecule has 2 saturated heterocycles. The third kappa shape index (κ3) is 3.74. The fraction of sp³-hybridized carbons (Fsp3) is 0.552. The number of aromatic hydroxyl groups is 3. The van der Waals surface area contributed by atoms with E-state index < -0.39 is 17.7 Å². The number of benzene rings is 2. The van der Waals surface area contributed by atoms with Gasteiger partial charge in [0.25, 0.3) is 0 Å². The van der Waals surface area contributed by atoms with Crippen LogP contribution < -0.4 is 9.47 Å². The van der Waals surface area contributed by atoms with Crippen LogP contribution >= 0.6 is 0 Å².